The molecule has 2 aliphatic heterocycles. The van der Waals surface area contributed by atoms with Crippen molar-refractivity contribution in [2.45, 2.75) is 57.7 Å². The van der Waals surface area contributed by atoms with Gasteiger partial charge in [-0.05, 0) is 30.5 Å². The van der Waals surface area contributed by atoms with Gasteiger partial charge in [0, 0.05) is 67.5 Å². The van der Waals surface area contributed by atoms with Gasteiger partial charge in [-0.2, -0.15) is 5.10 Å². The lowest BCUT2D eigenvalue weighted by molar-refractivity contribution is 0.188. The molecule has 0 radical (unpaired) electrons. The highest BCUT2D eigenvalue weighted by Crippen LogP contribution is 2.32. The number of hydrogen-bond donors (Lipinski definition) is 2. The summed E-state index contributed by atoms with van der Waals surface area (Å²) in [5.74, 6) is 0.372. The van der Waals surface area contributed by atoms with Crippen molar-refractivity contribution >= 4 is 22.8 Å². The fourth-order valence-electron chi connectivity index (χ4n) is 5.71. The van der Waals surface area contributed by atoms with E-state index in [1.807, 2.05) is 30.1 Å². The number of fused-ring (bicyclic) bond motifs is 3. The zero-order valence-corrected chi connectivity index (χ0v) is 21.7. The van der Waals surface area contributed by atoms with Gasteiger partial charge in [-0.1, -0.05) is 26.8 Å². The predicted molar refractivity (Wildman–Crippen MR) is 141 cm³/mol. The van der Waals surface area contributed by atoms with Crippen LogP contribution in [0.2, 0.25) is 0 Å². The summed E-state index contributed by atoms with van der Waals surface area (Å²) in [6.07, 6.45) is 7.20. The van der Waals surface area contributed by atoms with Gasteiger partial charge in [-0.15, -0.1) is 0 Å². The molecule has 37 heavy (non-hydrogen) atoms. The lowest BCUT2D eigenvalue weighted by atomic mass is 9.89. The van der Waals surface area contributed by atoms with Crippen molar-refractivity contribution < 1.29 is 4.39 Å². The van der Waals surface area contributed by atoms with Crippen LogP contribution >= 0.6 is 0 Å². The molecule has 0 unspecified atom stereocenters. The van der Waals surface area contributed by atoms with Crippen molar-refractivity contribution in [1.29, 1.82) is 0 Å². The van der Waals surface area contributed by atoms with Gasteiger partial charge in [0.05, 0.1) is 11.9 Å². The molecule has 6 rings (SSSR count). The third kappa shape index (κ3) is 4.78. The van der Waals surface area contributed by atoms with E-state index in [9.17, 15) is 4.39 Å². The van der Waals surface area contributed by atoms with Crippen molar-refractivity contribution in [2.75, 3.05) is 18.4 Å². The Morgan fingerprint density at radius 3 is 2.54 bits per heavy atom. The number of rotatable bonds is 5. The number of aromatic nitrogens is 6. The molecule has 2 bridgehead atoms. The number of likely N-dealkylation sites (tertiary alicyclic amines) is 1. The summed E-state index contributed by atoms with van der Waals surface area (Å²) in [5.41, 5.74) is 3.42. The molecule has 0 aliphatic carbocycles. The van der Waals surface area contributed by atoms with Crippen LogP contribution in [0.5, 0.6) is 0 Å². The minimum atomic E-state index is -0.513. The molecule has 0 aromatic carbocycles. The minimum Gasteiger partial charge on any atom is -0.309 e. The molecule has 9 nitrogen and oxygen atoms in total. The van der Waals surface area contributed by atoms with Gasteiger partial charge < -0.3 is 10.6 Å². The van der Waals surface area contributed by atoms with Crippen molar-refractivity contribution in [3.8, 4) is 11.3 Å². The van der Waals surface area contributed by atoms with E-state index >= 15 is 0 Å². The largest absolute Gasteiger partial charge is 0.309 e. The highest BCUT2D eigenvalue weighted by molar-refractivity contribution is 5.83. The Morgan fingerprint density at radius 1 is 1.05 bits per heavy atom. The number of piperazine rings is 1. The molecule has 10 heteroatoms. The standard InChI is InChI=1S/C27H32FN9/c1-27(2,3)24-20-9-17(11-30-25(20)35-36(24)4)23-21(28)12-31-26(34-23)33-22-8-5-16(10-29-22)13-37-14-18-6-7-19(15-37)32-18/h5,8-12,18-19,32H,6-7,13-15H2,1-4H3,(H,29,31,33,34)/t18-,19+. The Kier molecular flexibility index (Phi) is 5.88. The molecule has 0 amide bonds. The maximum atomic E-state index is 14.8. The maximum Gasteiger partial charge on any atom is 0.229 e. The van der Waals surface area contributed by atoms with E-state index in [-0.39, 0.29) is 17.1 Å². The highest BCUT2D eigenvalue weighted by atomic mass is 19.1. The van der Waals surface area contributed by atoms with Gasteiger partial charge in [0.15, 0.2) is 11.5 Å². The number of nitrogens with zero attached hydrogens (tertiary/aromatic N) is 7. The van der Waals surface area contributed by atoms with Crippen molar-refractivity contribution in [3.05, 3.63) is 53.9 Å². The first-order chi connectivity index (χ1) is 17.7. The molecule has 2 fully saturated rings. The smallest absolute Gasteiger partial charge is 0.229 e. The second-order valence-corrected chi connectivity index (χ2v) is 11.2. The van der Waals surface area contributed by atoms with Gasteiger partial charge >= 0.3 is 0 Å². The normalized spacial score (nSPS) is 20.0. The zero-order chi connectivity index (χ0) is 25.7. The first kappa shape index (κ1) is 23.9. The lowest BCUT2D eigenvalue weighted by Gasteiger charge is -2.32. The minimum absolute atomic E-state index is 0.150. The van der Waals surface area contributed by atoms with Crippen LogP contribution in [0.1, 0.15) is 44.9 Å². The molecule has 0 saturated carbocycles. The first-order valence-corrected chi connectivity index (χ1v) is 12.8. The molecule has 6 heterocycles. The van der Waals surface area contributed by atoms with E-state index in [0.717, 1.165) is 36.3 Å². The number of pyridine rings is 2. The zero-order valence-electron chi connectivity index (χ0n) is 21.7. The maximum absolute atomic E-state index is 14.8. The molecule has 2 atom stereocenters. The second-order valence-electron chi connectivity index (χ2n) is 11.2. The SMILES string of the molecule is Cn1nc2ncc(-c3nc(Nc4ccc(CN5C[C@H]6CC[C@@H](C5)N6)cn4)ncc3F)cc2c1C(C)(C)C. The van der Waals surface area contributed by atoms with Crippen LogP contribution in [0, 0.1) is 5.82 Å². The Balaban J connectivity index is 1.21. The van der Waals surface area contributed by atoms with Crippen LogP contribution in [0.3, 0.4) is 0 Å². The average molecular weight is 502 g/mol. The third-order valence-corrected chi connectivity index (χ3v) is 7.18. The van der Waals surface area contributed by atoms with Gasteiger partial charge in [-0.3, -0.25) is 9.58 Å². The number of aryl methyl sites for hydroxylation is 1. The first-order valence-electron chi connectivity index (χ1n) is 12.8. The quantitative estimate of drug-likeness (QED) is 0.425. The van der Waals surface area contributed by atoms with Crippen molar-refractivity contribution in [1.82, 2.24) is 39.9 Å². The lowest BCUT2D eigenvalue weighted by Crippen LogP contribution is -2.50. The van der Waals surface area contributed by atoms with Crippen molar-refractivity contribution in [2.24, 2.45) is 7.05 Å². The summed E-state index contributed by atoms with van der Waals surface area (Å²) >= 11 is 0. The summed E-state index contributed by atoms with van der Waals surface area (Å²) in [6, 6.07) is 7.12. The highest BCUT2D eigenvalue weighted by Gasteiger charge is 2.32. The van der Waals surface area contributed by atoms with E-state index in [2.05, 4.69) is 67.4 Å². The molecule has 192 valence electrons. The summed E-state index contributed by atoms with van der Waals surface area (Å²) in [4.78, 5) is 20.1. The fourth-order valence-corrected chi connectivity index (χ4v) is 5.71. The van der Waals surface area contributed by atoms with Gasteiger partial charge in [-0.25, -0.2) is 24.3 Å². The summed E-state index contributed by atoms with van der Waals surface area (Å²) in [7, 11) is 1.90. The van der Waals surface area contributed by atoms with E-state index in [0.29, 0.717) is 29.1 Å². The molecular weight excluding hydrogens is 469 g/mol. The van der Waals surface area contributed by atoms with E-state index in [4.69, 9.17) is 0 Å². The predicted octanol–water partition coefficient (Wildman–Crippen LogP) is 3.94. The second kappa shape index (κ2) is 9.11. The van der Waals surface area contributed by atoms with Gasteiger partial charge in [0.1, 0.15) is 11.5 Å². The molecule has 4 aromatic rings. The summed E-state index contributed by atoms with van der Waals surface area (Å²) in [5, 5.41) is 12.2. The van der Waals surface area contributed by atoms with Crippen LogP contribution in [-0.4, -0.2) is 59.8 Å². The Labute approximate surface area is 215 Å². The van der Waals surface area contributed by atoms with Crippen LogP contribution in [0.25, 0.3) is 22.3 Å². The topological polar surface area (TPSA) is 96.7 Å². The number of halogens is 1. The van der Waals surface area contributed by atoms with Crippen LogP contribution in [-0.2, 0) is 19.0 Å². The van der Waals surface area contributed by atoms with E-state index in [1.165, 1.54) is 19.0 Å². The van der Waals surface area contributed by atoms with E-state index < -0.39 is 5.82 Å². The summed E-state index contributed by atoms with van der Waals surface area (Å²) < 4.78 is 16.7. The molecule has 2 saturated heterocycles. The van der Waals surface area contributed by atoms with E-state index in [1.54, 1.807) is 6.20 Å². The third-order valence-electron chi connectivity index (χ3n) is 7.18. The fraction of sp³-hybridized carbons (Fsp3) is 0.444. The van der Waals surface area contributed by atoms with Crippen LogP contribution < -0.4 is 10.6 Å². The monoisotopic (exact) mass is 501 g/mol. The Bertz CT molecular complexity index is 1430. The molecule has 2 N–H and O–H groups in total. The summed E-state index contributed by atoms with van der Waals surface area (Å²) in [6.45, 7) is 9.42. The average Bonchev–Trinajstić information content (AvgIpc) is 3.38. The van der Waals surface area contributed by atoms with Crippen LogP contribution in [0.4, 0.5) is 16.2 Å². The molecule has 0 spiro atoms. The van der Waals surface area contributed by atoms with Crippen LogP contribution in [0.15, 0.2) is 36.8 Å². The number of hydrogen-bond acceptors (Lipinski definition) is 8. The molecule has 4 aromatic heterocycles. The van der Waals surface area contributed by atoms with Gasteiger partial charge in [0.25, 0.3) is 0 Å². The Morgan fingerprint density at radius 2 is 1.84 bits per heavy atom. The Hall–Kier alpha value is -3.50. The number of nitrogens with one attached hydrogen (secondary N) is 2. The molecular formula is C27H32FN9. The molecule has 2 aliphatic rings. The van der Waals surface area contributed by atoms with Crippen molar-refractivity contribution in [3.63, 3.8) is 0 Å². The number of anilines is 2. The van der Waals surface area contributed by atoms with Gasteiger partial charge in [0.2, 0.25) is 5.95 Å².